The fraction of sp³-hybridized carbons (Fsp3) is 0.286. The fourth-order valence-electron chi connectivity index (χ4n) is 1.59. The lowest BCUT2D eigenvalue weighted by atomic mass is 10.1. The van der Waals surface area contributed by atoms with Crippen LogP contribution in [0.25, 0.3) is 0 Å². The average Bonchev–Trinajstić information content (AvgIpc) is 2.41. The van der Waals surface area contributed by atoms with Crippen LogP contribution in [0.4, 0.5) is 0 Å². The molecule has 5 heteroatoms. The van der Waals surface area contributed by atoms with Crippen molar-refractivity contribution in [3.05, 3.63) is 50.6 Å². The van der Waals surface area contributed by atoms with Gasteiger partial charge in [-0.3, -0.25) is 0 Å². The highest BCUT2D eigenvalue weighted by Gasteiger charge is 2.13. The molecule has 100 valence electrons. The molecule has 0 amide bonds. The molecule has 0 aliphatic carbocycles. The molecule has 19 heavy (non-hydrogen) atoms. The largest absolute Gasteiger partial charge is 0.236 e. The Balaban J connectivity index is 2.17. The van der Waals surface area contributed by atoms with Gasteiger partial charge in [-0.1, -0.05) is 43.6 Å². The van der Waals surface area contributed by atoms with Crippen molar-refractivity contribution in [2.75, 3.05) is 0 Å². The summed E-state index contributed by atoms with van der Waals surface area (Å²) in [7, 11) is 0. The highest BCUT2D eigenvalue weighted by atomic mass is 127. The quantitative estimate of drug-likeness (QED) is 0.400. The average molecular weight is 405 g/mol. The van der Waals surface area contributed by atoms with E-state index in [0.717, 1.165) is 20.8 Å². The van der Waals surface area contributed by atoms with Gasteiger partial charge in [0.15, 0.2) is 0 Å². The van der Waals surface area contributed by atoms with Crippen LogP contribution in [0.2, 0.25) is 5.15 Å². The van der Waals surface area contributed by atoms with Gasteiger partial charge in [0.05, 0.1) is 15.0 Å². The number of thioether (sulfide) groups is 1. The summed E-state index contributed by atoms with van der Waals surface area (Å²) < 4.78 is 0.961. The van der Waals surface area contributed by atoms with Crippen molar-refractivity contribution >= 4 is 46.0 Å². The predicted molar refractivity (Wildman–Crippen MR) is 89.9 cm³/mol. The van der Waals surface area contributed by atoms with Gasteiger partial charge < -0.3 is 0 Å². The van der Waals surface area contributed by atoms with Gasteiger partial charge in [-0.05, 0) is 40.6 Å². The third-order valence-corrected chi connectivity index (χ3v) is 5.20. The molecule has 0 N–H and O–H groups in total. The van der Waals surface area contributed by atoms with E-state index < -0.39 is 0 Å². The number of rotatable bonds is 4. The topological polar surface area (TPSA) is 25.8 Å². The lowest BCUT2D eigenvalue weighted by Gasteiger charge is -2.10. The zero-order valence-corrected chi connectivity index (χ0v) is 14.5. The third-order valence-electron chi connectivity index (χ3n) is 2.54. The summed E-state index contributed by atoms with van der Waals surface area (Å²) in [4.78, 5) is 10.2. The number of hydrogen-bond donors (Lipinski definition) is 0. The van der Waals surface area contributed by atoms with Gasteiger partial charge in [0.25, 0.3) is 0 Å². The summed E-state index contributed by atoms with van der Waals surface area (Å²) in [6.07, 6.45) is 0. The van der Waals surface area contributed by atoms with Gasteiger partial charge in [-0.25, -0.2) is 9.97 Å². The van der Waals surface area contributed by atoms with Gasteiger partial charge in [-0.2, -0.15) is 0 Å². The van der Waals surface area contributed by atoms with Crippen LogP contribution >= 0.6 is 46.0 Å². The first kappa shape index (κ1) is 15.1. The highest BCUT2D eigenvalue weighted by Crippen LogP contribution is 2.27. The Hall–Kier alpha value is -0.330. The molecular formula is C14H14ClIN2S. The first-order chi connectivity index (χ1) is 9.08. The highest BCUT2D eigenvalue weighted by molar-refractivity contribution is 14.1. The van der Waals surface area contributed by atoms with Crippen molar-refractivity contribution in [2.24, 2.45) is 0 Å². The van der Waals surface area contributed by atoms with E-state index in [9.17, 15) is 0 Å². The summed E-state index contributed by atoms with van der Waals surface area (Å²) in [6, 6.07) is 10.2. The third kappa shape index (κ3) is 4.07. The maximum atomic E-state index is 6.18. The van der Waals surface area contributed by atoms with Crippen LogP contribution in [0.15, 0.2) is 35.2 Å². The molecule has 1 heterocycles. The Morgan fingerprint density at radius 1 is 1.21 bits per heavy atom. The first-order valence-electron chi connectivity index (χ1n) is 5.97. The Kier molecular flexibility index (Phi) is 5.47. The monoisotopic (exact) mass is 404 g/mol. The minimum absolute atomic E-state index is 0.355. The van der Waals surface area contributed by atoms with E-state index in [2.05, 4.69) is 58.5 Å². The van der Waals surface area contributed by atoms with E-state index >= 15 is 0 Å². The maximum absolute atomic E-state index is 6.18. The van der Waals surface area contributed by atoms with Crippen molar-refractivity contribution in [1.29, 1.82) is 0 Å². The molecule has 1 aromatic carbocycles. The van der Waals surface area contributed by atoms with E-state index in [1.807, 2.05) is 18.2 Å². The number of halogens is 2. The Bertz CT molecular complexity index is 561. The van der Waals surface area contributed by atoms with Crippen molar-refractivity contribution in [3.63, 3.8) is 0 Å². The molecule has 0 saturated carbocycles. The molecule has 0 atom stereocenters. The number of benzene rings is 1. The lowest BCUT2D eigenvalue weighted by molar-refractivity contribution is 0.790. The molecule has 0 saturated heterocycles. The molecule has 0 aliphatic rings. The van der Waals surface area contributed by atoms with Crippen LogP contribution in [-0.2, 0) is 5.75 Å². The molecule has 0 unspecified atom stereocenters. The molecule has 0 aliphatic heterocycles. The van der Waals surface area contributed by atoms with Crippen LogP contribution in [0.5, 0.6) is 0 Å². The van der Waals surface area contributed by atoms with Crippen LogP contribution in [0, 0.1) is 3.57 Å². The van der Waals surface area contributed by atoms with Gasteiger partial charge in [0.1, 0.15) is 11.0 Å². The Labute approximate surface area is 136 Å². The van der Waals surface area contributed by atoms with E-state index in [0.29, 0.717) is 11.1 Å². The molecule has 1 aromatic heterocycles. The Morgan fingerprint density at radius 2 is 1.89 bits per heavy atom. The molecule has 0 radical (unpaired) electrons. The zero-order chi connectivity index (χ0) is 13.8. The number of hydrogen-bond acceptors (Lipinski definition) is 3. The summed E-state index contributed by atoms with van der Waals surface area (Å²) in [5.41, 5.74) is 1.03. The SMILES string of the molecule is CC(C)c1nc(CSc2ccccc2)nc(Cl)c1I. The molecule has 2 nitrogen and oxygen atoms in total. The smallest absolute Gasteiger partial charge is 0.146 e. The Morgan fingerprint density at radius 3 is 2.53 bits per heavy atom. The van der Waals surface area contributed by atoms with Crippen LogP contribution < -0.4 is 0 Å². The van der Waals surface area contributed by atoms with Crippen LogP contribution in [0.1, 0.15) is 31.3 Å². The minimum Gasteiger partial charge on any atom is -0.236 e. The molecule has 0 spiro atoms. The number of nitrogens with zero attached hydrogens (tertiary/aromatic N) is 2. The zero-order valence-electron chi connectivity index (χ0n) is 10.7. The molecule has 2 rings (SSSR count). The summed E-state index contributed by atoms with van der Waals surface area (Å²) in [6.45, 7) is 4.24. The van der Waals surface area contributed by atoms with E-state index in [4.69, 9.17) is 11.6 Å². The van der Waals surface area contributed by atoms with Crippen LogP contribution in [-0.4, -0.2) is 9.97 Å². The van der Waals surface area contributed by atoms with E-state index in [1.54, 1.807) is 11.8 Å². The normalized spacial score (nSPS) is 11.0. The van der Waals surface area contributed by atoms with Gasteiger partial charge >= 0.3 is 0 Å². The molecular weight excluding hydrogens is 391 g/mol. The molecule has 2 aromatic rings. The minimum atomic E-state index is 0.355. The fourth-order valence-corrected chi connectivity index (χ4v) is 3.43. The predicted octanol–water partition coefficient (Wildman–Crippen LogP) is 5.15. The summed E-state index contributed by atoms with van der Waals surface area (Å²) in [5.74, 6) is 1.89. The maximum Gasteiger partial charge on any atom is 0.146 e. The summed E-state index contributed by atoms with van der Waals surface area (Å²) in [5, 5.41) is 0.558. The second kappa shape index (κ2) is 6.90. The van der Waals surface area contributed by atoms with Crippen LogP contribution in [0.3, 0.4) is 0 Å². The van der Waals surface area contributed by atoms with Crippen molar-refractivity contribution in [2.45, 2.75) is 30.4 Å². The van der Waals surface area contributed by atoms with Gasteiger partial charge in [0.2, 0.25) is 0 Å². The van der Waals surface area contributed by atoms with E-state index in [1.165, 1.54) is 4.90 Å². The van der Waals surface area contributed by atoms with Crippen molar-refractivity contribution < 1.29 is 0 Å². The summed E-state index contributed by atoms with van der Waals surface area (Å²) >= 11 is 10.1. The second-order valence-electron chi connectivity index (χ2n) is 4.39. The lowest BCUT2D eigenvalue weighted by Crippen LogP contribution is -2.04. The molecule has 0 fully saturated rings. The van der Waals surface area contributed by atoms with Crippen molar-refractivity contribution in [1.82, 2.24) is 9.97 Å². The van der Waals surface area contributed by atoms with Gasteiger partial charge in [0, 0.05) is 4.90 Å². The van der Waals surface area contributed by atoms with Crippen molar-refractivity contribution in [3.8, 4) is 0 Å². The number of aromatic nitrogens is 2. The second-order valence-corrected chi connectivity index (χ2v) is 6.87. The van der Waals surface area contributed by atoms with E-state index in [-0.39, 0.29) is 0 Å². The van der Waals surface area contributed by atoms with Gasteiger partial charge in [-0.15, -0.1) is 11.8 Å². The first-order valence-corrected chi connectivity index (χ1v) is 8.42. The molecule has 0 bridgehead atoms. The standard InChI is InChI=1S/C14H14ClIN2S/c1-9(2)13-12(16)14(15)18-11(17-13)8-19-10-6-4-3-5-7-10/h3-7,9H,8H2,1-2H3.